The third-order valence-electron chi connectivity index (χ3n) is 4.26. The zero-order chi connectivity index (χ0) is 16.5. The summed E-state index contributed by atoms with van der Waals surface area (Å²) in [5.74, 6) is -0.0779. The van der Waals surface area contributed by atoms with Crippen LogP contribution in [0.4, 0.5) is 0 Å². The molecule has 0 bridgehead atoms. The second-order valence-corrected chi connectivity index (χ2v) is 8.16. The zero-order valence-corrected chi connectivity index (χ0v) is 15.5. The Morgan fingerprint density at radius 3 is 1.09 bits per heavy atom. The Labute approximate surface area is 161 Å². The first-order chi connectivity index (χ1) is 10.6. The predicted molar refractivity (Wildman–Crippen MR) is 105 cm³/mol. The van der Waals surface area contributed by atoms with Crippen LogP contribution in [0.5, 0.6) is 0 Å². The largest absolute Gasteiger partial charge is 0.316 e. The van der Waals surface area contributed by atoms with E-state index in [-0.39, 0.29) is 28.8 Å². The van der Waals surface area contributed by atoms with Crippen molar-refractivity contribution in [1.29, 1.82) is 0 Å². The van der Waals surface area contributed by atoms with E-state index in [0.29, 0.717) is 6.42 Å². The van der Waals surface area contributed by atoms with Gasteiger partial charge in [0.1, 0.15) is 0 Å². The molecule has 0 rings (SSSR count). The van der Waals surface area contributed by atoms with E-state index < -0.39 is 10.1 Å². The van der Waals surface area contributed by atoms with Crippen molar-refractivity contribution in [3.63, 3.8) is 0 Å². The van der Waals surface area contributed by atoms with Gasteiger partial charge in [-0.1, -0.05) is 103 Å². The summed E-state index contributed by atoms with van der Waals surface area (Å²) < 4.78 is 29.7. The average molecular weight is 361 g/mol. The third kappa shape index (κ3) is 25.0. The molecular formula is C18H40MgO3S. The molecule has 0 unspecified atom stereocenters. The molecule has 1 N–H and O–H groups in total. The minimum Gasteiger partial charge on any atom is -0.286 e. The van der Waals surface area contributed by atoms with Crippen molar-refractivity contribution in [3.8, 4) is 0 Å². The fraction of sp³-hybridized carbons (Fsp3) is 1.00. The van der Waals surface area contributed by atoms with E-state index >= 15 is 0 Å². The highest BCUT2D eigenvalue weighted by Crippen LogP contribution is 2.13. The molecule has 23 heavy (non-hydrogen) atoms. The molecule has 0 aromatic heterocycles. The average Bonchev–Trinajstić information content (AvgIpc) is 2.45. The van der Waals surface area contributed by atoms with Crippen molar-refractivity contribution < 1.29 is 13.0 Å². The Bertz CT molecular complexity index is 318. The highest BCUT2D eigenvalue weighted by molar-refractivity contribution is 7.85. The van der Waals surface area contributed by atoms with Crippen LogP contribution in [0.3, 0.4) is 0 Å². The number of rotatable bonds is 17. The van der Waals surface area contributed by atoms with Gasteiger partial charge in [0.25, 0.3) is 10.1 Å². The molecule has 138 valence electrons. The number of hydrogen-bond donors (Lipinski definition) is 1. The molecule has 5 heteroatoms. The fourth-order valence-corrected chi connectivity index (χ4v) is 3.40. The molecule has 3 nitrogen and oxygen atoms in total. The van der Waals surface area contributed by atoms with Gasteiger partial charge in [0.2, 0.25) is 0 Å². The summed E-state index contributed by atoms with van der Waals surface area (Å²) in [6.07, 6.45) is 20.3. The lowest BCUT2D eigenvalue weighted by Gasteiger charge is -2.03. The molecule has 0 aliphatic heterocycles. The van der Waals surface area contributed by atoms with Crippen molar-refractivity contribution in [2.24, 2.45) is 0 Å². The van der Waals surface area contributed by atoms with Gasteiger partial charge in [0.15, 0.2) is 0 Å². The summed E-state index contributed by atoms with van der Waals surface area (Å²) in [6.45, 7) is 2.26. The van der Waals surface area contributed by atoms with Crippen LogP contribution in [0.2, 0.25) is 0 Å². The van der Waals surface area contributed by atoms with Crippen LogP contribution >= 0.6 is 0 Å². The van der Waals surface area contributed by atoms with Crippen LogP contribution in [0.1, 0.15) is 110 Å². The third-order valence-corrected chi connectivity index (χ3v) is 5.06. The summed E-state index contributed by atoms with van der Waals surface area (Å²) in [6, 6.07) is 0. The van der Waals surface area contributed by atoms with E-state index in [1.54, 1.807) is 0 Å². The van der Waals surface area contributed by atoms with Gasteiger partial charge < -0.3 is 0 Å². The first-order valence-corrected chi connectivity index (χ1v) is 11.1. The number of unbranched alkanes of at least 4 members (excludes halogenated alkanes) is 15. The summed E-state index contributed by atoms with van der Waals surface area (Å²) in [5.41, 5.74) is 0. The standard InChI is InChI=1S/C18H38O3S.Mg.2H/c1-2-3-4-5-6-7-8-9-10-11-12-13-14-15-16-17-18-22(19,20)21;;;/h2-18H2,1H3,(H,19,20,21);;;. The smallest absolute Gasteiger partial charge is 0.286 e. The molecule has 0 fully saturated rings. The Morgan fingerprint density at radius 1 is 0.565 bits per heavy atom. The molecule has 0 aliphatic carbocycles. The zero-order valence-electron chi connectivity index (χ0n) is 14.7. The highest BCUT2D eigenvalue weighted by Gasteiger charge is 2.02. The molecule has 0 saturated heterocycles. The van der Waals surface area contributed by atoms with Crippen LogP contribution in [0.25, 0.3) is 0 Å². The van der Waals surface area contributed by atoms with E-state index in [4.69, 9.17) is 4.55 Å². The maximum atomic E-state index is 10.5. The van der Waals surface area contributed by atoms with E-state index in [1.165, 1.54) is 83.5 Å². The van der Waals surface area contributed by atoms with Crippen molar-refractivity contribution in [2.45, 2.75) is 110 Å². The summed E-state index contributed by atoms with van der Waals surface area (Å²) in [5, 5.41) is 0. The summed E-state index contributed by atoms with van der Waals surface area (Å²) in [4.78, 5) is 0. The first-order valence-electron chi connectivity index (χ1n) is 9.51. The lowest BCUT2D eigenvalue weighted by Crippen LogP contribution is -2.03. The molecule has 0 aromatic rings. The molecule has 0 saturated carbocycles. The van der Waals surface area contributed by atoms with Gasteiger partial charge >= 0.3 is 23.1 Å². The first kappa shape index (κ1) is 25.9. The Balaban J connectivity index is 0. The topological polar surface area (TPSA) is 54.4 Å². The highest BCUT2D eigenvalue weighted by atomic mass is 32.2. The van der Waals surface area contributed by atoms with Crippen molar-refractivity contribution >= 4 is 33.2 Å². The van der Waals surface area contributed by atoms with Gasteiger partial charge in [-0.15, -0.1) is 0 Å². The molecule has 0 aromatic carbocycles. The van der Waals surface area contributed by atoms with Crippen LogP contribution < -0.4 is 0 Å². The predicted octanol–water partition coefficient (Wildman–Crippen LogP) is 5.22. The maximum absolute atomic E-state index is 10.5. The van der Waals surface area contributed by atoms with Gasteiger partial charge in [-0.2, -0.15) is 8.42 Å². The van der Waals surface area contributed by atoms with Gasteiger partial charge in [0.05, 0.1) is 5.75 Å². The van der Waals surface area contributed by atoms with Crippen molar-refractivity contribution in [3.05, 3.63) is 0 Å². The van der Waals surface area contributed by atoms with Crippen molar-refractivity contribution in [2.75, 3.05) is 5.75 Å². The molecule has 0 amide bonds. The van der Waals surface area contributed by atoms with Gasteiger partial charge in [-0.05, 0) is 6.42 Å². The maximum Gasteiger partial charge on any atom is 0.316 e. The molecule has 0 aliphatic rings. The fourth-order valence-electron chi connectivity index (χ4n) is 2.83. The normalized spacial score (nSPS) is 11.4. The van der Waals surface area contributed by atoms with Gasteiger partial charge in [-0.25, -0.2) is 0 Å². The van der Waals surface area contributed by atoms with E-state index in [2.05, 4.69) is 6.92 Å². The quantitative estimate of drug-likeness (QED) is 0.220. The van der Waals surface area contributed by atoms with E-state index in [1.807, 2.05) is 0 Å². The summed E-state index contributed by atoms with van der Waals surface area (Å²) in [7, 11) is -3.74. The summed E-state index contributed by atoms with van der Waals surface area (Å²) >= 11 is 0. The second kappa shape index (κ2) is 19.0. The Morgan fingerprint density at radius 2 is 0.826 bits per heavy atom. The van der Waals surface area contributed by atoms with Gasteiger partial charge in [0, 0.05) is 0 Å². The lowest BCUT2D eigenvalue weighted by atomic mass is 10.0. The van der Waals surface area contributed by atoms with E-state index in [0.717, 1.165) is 12.8 Å². The Kier molecular flexibility index (Phi) is 21.4. The molecule has 0 atom stereocenters. The molecule has 0 spiro atoms. The Hall–Kier alpha value is 0.676. The molecule has 0 heterocycles. The monoisotopic (exact) mass is 360 g/mol. The van der Waals surface area contributed by atoms with Crippen LogP contribution in [0.15, 0.2) is 0 Å². The minimum absolute atomic E-state index is 0. The lowest BCUT2D eigenvalue weighted by molar-refractivity contribution is 0.478. The minimum atomic E-state index is -3.74. The molecule has 0 radical (unpaired) electrons. The SMILES string of the molecule is CCCCCCCCCCCCCCCCCCS(=O)(=O)O.[MgH2]. The van der Waals surface area contributed by atoms with Crippen LogP contribution in [-0.4, -0.2) is 41.8 Å². The molecular weight excluding hydrogens is 321 g/mol. The van der Waals surface area contributed by atoms with Crippen LogP contribution in [-0.2, 0) is 10.1 Å². The van der Waals surface area contributed by atoms with E-state index in [9.17, 15) is 8.42 Å². The second-order valence-electron chi connectivity index (χ2n) is 6.59. The van der Waals surface area contributed by atoms with Crippen LogP contribution in [0, 0.1) is 0 Å². The van der Waals surface area contributed by atoms with Gasteiger partial charge in [-0.3, -0.25) is 4.55 Å². The van der Waals surface area contributed by atoms with Crippen molar-refractivity contribution in [1.82, 2.24) is 0 Å². The number of hydrogen-bond acceptors (Lipinski definition) is 2.